The first-order valence-corrected chi connectivity index (χ1v) is 9.69. The van der Waals surface area contributed by atoms with E-state index in [0.29, 0.717) is 26.1 Å². The molecule has 2 amide bonds. The largest absolute Gasteiger partial charge is 0.481 e. The number of amides is 2. The molecule has 4 rings (SSSR count). The summed E-state index contributed by atoms with van der Waals surface area (Å²) in [6.07, 6.45) is 3.34. The van der Waals surface area contributed by atoms with Gasteiger partial charge in [0.2, 0.25) is 0 Å². The van der Waals surface area contributed by atoms with Gasteiger partial charge in [0.25, 0.3) is 0 Å². The average molecular weight is 370 g/mol. The molecule has 2 aromatic rings. The number of carbonyl (C=O) groups excluding carboxylic acids is 1. The van der Waals surface area contributed by atoms with Gasteiger partial charge in [-0.15, -0.1) is 0 Å². The van der Waals surface area contributed by atoms with Crippen LogP contribution in [-0.4, -0.2) is 51.2 Å². The third kappa shape index (κ3) is 3.05. The molecule has 7 nitrogen and oxygen atoms in total. The summed E-state index contributed by atoms with van der Waals surface area (Å²) in [7, 11) is 0. The van der Waals surface area contributed by atoms with Crippen LogP contribution in [0.15, 0.2) is 24.3 Å². The van der Waals surface area contributed by atoms with E-state index in [2.05, 4.69) is 20.9 Å². The second-order valence-corrected chi connectivity index (χ2v) is 7.82. The highest BCUT2D eigenvalue weighted by Crippen LogP contribution is 2.48. The van der Waals surface area contributed by atoms with E-state index in [0.717, 1.165) is 42.7 Å². The minimum atomic E-state index is -0.747. The van der Waals surface area contributed by atoms with Gasteiger partial charge in [-0.25, -0.2) is 9.78 Å². The first-order valence-electron chi connectivity index (χ1n) is 9.69. The summed E-state index contributed by atoms with van der Waals surface area (Å²) in [4.78, 5) is 30.5. The summed E-state index contributed by atoms with van der Waals surface area (Å²) < 4.78 is 2.17. The standard InChI is InChI=1S/C20H26N4O3/c1-14-22-16-7-2-3-8-17(16)24(14)11-5-10-21-19(27)23-12-15-6-4-9-20(15,13-23)18(25)26/h2-3,7-8,15H,4-6,9-13H2,1H3,(H,21,27)(H,25,26)/t15-,20+/m0/s1. The zero-order chi connectivity index (χ0) is 19.0. The fourth-order valence-corrected chi connectivity index (χ4v) is 4.82. The second kappa shape index (κ2) is 6.87. The summed E-state index contributed by atoms with van der Waals surface area (Å²) in [6, 6.07) is 7.90. The number of aliphatic carboxylic acids is 1. The molecular formula is C20H26N4O3. The lowest BCUT2D eigenvalue weighted by Crippen LogP contribution is -2.42. The number of aryl methyl sites for hydroxylation is 2. The number of fused-ring (bicyclic) bond motifs is 2. The molecule has 1 aliphatic heterocycles. The van der Waals surface area contributed by atoms with E-state index < -0.39 is 11.4 Å². The van der Waals surface area contributed by atoms with E-state index in [1.54, 1.807) is 4.90 Å². The van der Waals surface area contributed by atoms with Gasteiger partial charge < -0.3 is 19.9 Å². The minimum absolute atomic E-state index is 0.0979. The number of carbonyl (C=O) groups is 2. The Bertz CT molecular complexity index is 877. The molecule has 0 radical (unpaired) electrons. The first kappa shape index (κ1) is 17.8. The fraction of sp³-hybridized carbons (Fsp3) is 0.550. The number of nitrogens with one attached hydrogen (secondary N) is 1. The number of benzene rings is 1. The van der Waals surface area contributed by atoms with Crippen molar-refractivity contribution in [1.82, 2.24) is 19.8 Å². The number of urea groups is 1. The smallest absolute Gasteiger partial charge is 0.317 e. The van der Waals surface area contributed by atoms with Crippen LogP contribution >= 0.6 is 0 Å². The Labute approximate surface area is 158 Å². The molecule has 27 heavy (non-hydrogen) atoms. The topological polar surface area (TPSA) is 87.5 Å². The van der Waals surface area contributed by atoms with Crippen molar-refractivity contribution in [2.45, 2.75) is 39.2 Å². The Morgan fingerprint density at radius 3 is 2.96 bits per heavy atom. The van der Waals surface area contributed by atoms with Crippen molar-refractivity contribution in [1.29, 1.82) is 0 Å². The zero-order valence-electron chi connectivity index (χ0n) is 15.6. The molecule has 1 aliphatic carbocycles. The Balaban J connectivity index is 1.30. The molecular weight excluding hydrogens is 344 g/mol. The maximum absolute atomic E-state index is 12.5. The number of hydrogen-bond acceptors (Lipinski definition) is 3. The van der Waals surface area contributed by atoms with Crippen LogP contribution in [0, 0.1) is 18.3 Å². The minimum Gasteiger partial charge on any atom is -0.481 e. The summed E-state index contributed by atoms with van der Waals surface area (Å²) in [5.74, 6) is 0.321. The number of likely N-dealkylation sites (tertiary alicyclic amines) is 1. The van der Waals surface area contributed by atoms with Crippen LogP contribution in [0.25, 0.3) is 11.0 Å². The van der Waals surface area contributed by atoms with Crippen LogP contribution in [0.5, 0.6) is 0 Å². The molecule has 0 bridgehead atoms. The first-order chi connectivity index (χ1) is 13.0. The highest BCUT2D eigenvalue weighted by atomic mass is 16.4. The Hall–Kier alpha value is -2.57. The van der Waals surface area contributed by atoms with E-state index in [4.69, 9.17) is 0 Å². The molecule has 1 aromatic heterocycles. The molecule has 2 N–H and O–H groups in total. The molecule has 0 unspecified atom stereocenters. The van der Waals surface area contributed by atoms with Crippen LogP contribution in [0.4, 0.5) is 4.79 Å². The van der Waals surface area contributed by atoms with Crippen LogP contribution in [0.1, 0.15) is 31.5 Å². The number of rotatable bonds is 5. The summed E-state index contributed by atoms with van der Waals surface area (Å²) in [5, 5.41) is 12.6. The molecule has 144 valence electrons. The summed E-state index contributed by atoms with van der Waals surface area (Å²) >= 11 is 0. The summed E-state index contributed by atoms with van der Waals surface area (Å²) in [5.41, 5.74) is 1.38. The Kier molecular flexibility index (Phi) is 4.53. The van der Waals surface area contributed by atoms with E-state index in [-0.39, 0.29) is 11.9 Å². The van der Waals surface area contributed by atoms with Gasteiger partial charge in [-0.05, 0) is 44.2 Å². The Morgan fingerprint density at radius 2 is 2.19 bits per heavy atom. The number of imidazole rings is 1. The number of para-hydroxylation sites is 2. The highest BCUT2D eigenvalue weighted by Gasteiger charge is 2.55. The van der Waals surface area contributed by atoms with Crippen molar-refractivity contribution in [2.24, 2.45) is 11.3 Å². The molecule has 2 aliphatic rings. The van der Waals surface area contributed by atoms with Crippen molar-refractivity contribution in [3.63, 3.8) is 0 Å². The number of hydrogen-bond donors (Lipinski definition) is 2. The third-order valence-electron chi connectivity index (χ3n) is 6.26. The van der Waals surface area contributed by atoms with Gasteiger partial charge in [-0.2, -0.15) is 0 Å². The van der Waals surface area contributed by atoms with Crippen molar-refractivity contribution in [3.05, 3.63) is 30.1 Å². The lowest BCUT2D eigenvalue weighted by atomic mass is 9.81. The molecule has 1 saturated carbocycles. The number of carboxylic acids is 1. The zero-order valence-corrected chi connectivity index (χ0v) is 15.6. The maximum Gasteiger partial charge on any atom is 0.317 e. The molecule has 2 heterocycles. The molecule has 1 saturated heterocycles. The average Bonchev–Trinajstić information content (AvgIpc) is 3.29. The van der Waals surface area contributed by atoms with E-state index >= 15 is 0 Å². The maximum atomic E-state index is 12.5. The van der Waals surface area contributed by atoms with Gasteiger partial charge in [0.1, 0.15) is 5.82 Å². The fourth-order valence-electron chi connectivity index (χ4n) is 4.82. The summed E-state index contributed by atoms with van der Waals surface area (Å²) in [6.45, 7) is 4.24. The lowest BCUT2D eigenvalue weighted by molar-refractivity contribution is -0.149. The van der Waals surface area contributed by atoms with Crippen LogP contribution in [0.2, 0.25) is 0 Å². The predicted molar refractivity (Wildman–Crippen MR) is 101 cm³/mol. The lowest BCUT2D eigenvalue weighted by Gasteiger charge is -2.23. The van der Waals surface area contributed by atoms with Crippen LogP contribution < -0.4 is 5.32 Å². The van der Waals surface area contributed by atoms with Crippen molar-refractivity contribution >= 4 is 23.0 Å². The highest BCUT2D eigenvalue weighted by molar-refractivity contribution is 5.80. The molecule has 2 atom stereocenters. The van der Waals surface area contributed by atoms with E-state index in [1.165, 1.54) is 0 Å². The van der Waals surface area contributed by atoms with Gasteiger partial charge >= 0.3 is 12.0 Å². The quantitative estimate of drug-likeness (QED) is 0.792. The van der Waals surface area contributed by atoms with Gasteiger partial charge in [0, 0.05) is 26.2 Å². The van der Waals surface area contributed by atoms with E-state index in [1.807, 2.05) is 25.1 Å². The normalized spacial score (nSPS) is 24.3. The number of carboxylic acid groups (broad SMARTS) is 1. The monoisotopic (exact) mass is 370 g/mol. The second-order valence-electron chi connectivity index (χ2n) is 7.82. The van der Waals surface area contributed by atoms with E-state index in [9.17, 15) is 14.7 Å². The predicted octanol–water partition coefficient (Wildman–Crippen LogP) is 2.63. The van der Waals surface area contributed by atoms with Crippen LogP contribution in [-0.2, 0) is 11.3 Å². The number of aromatic nitrogens is 2. The molecule has 7 heteroatoms. The molecule has 2 fully saturated rings. The SMILES string of the molecule is Cc1nc2ccccc2n1CCCNC(=O)N1C[C@@H]2CCC[C@@]2(C(=O)O)C1. The van der Waals surface area contributed by atoms with Crippen LogP contribution in [0.3, 0.4) is 0 Å². The van der Waals surface area contributed by atoms with Crippen molar-refractivity contribution in [2.75, 3.05) is 19.6 Å². The number of nitrogens with zero attached hydrogens (tertiary/aromatic N) is 3. The van der Waals surface area contributed by atoms with Gasteiger partial charge in [0.15, 0.2) is 0 Å². The van der Waals surface area contributed by atoms with Crippen molar-refractivity contribution in [3.8, 4) is 0 Å². The van der Waals surface area contributed by atoms with Gasteiger partial charge in [0.05, 0.1) is 16.4 Å². The molecule has 0 spiro atoms. The third-order valence-corrected chi connectivity index (χ3v) is 6.26. The molecule has 1 aromatic carbocycles. The van der Waals surface area contributed by atoms with Gasteiger partial charge in [-0.1, -0.05) is 18.6 Å². The Morgan fingerprint density at radius 1 is 1.37 bits per heavy atom. The van der Waals surface area contributed by atoms with Crippen molar-refractivity contribution < 1.29 is 14.7 Å². The van der Waals surface area contributed by atoms with Gasteiger partial charge in [-0.3, -0.25) is 4.79 Å².